The number of rotatable bonds is 5. The van der Waals surface area contributed by atoms with Crippen molar-refractivity contribution in [2.24, 2.45) is 0 Å². The Balaban J connectivity index is 1.85. The predicted molar refractivity (Wildman–Crippen MR) is 115 cm³/mol. The van der Waals surface area contributed by atoms with Gasteiger partial charge in [-0.2, -0.15) is 0 Å². The predicted octanol–water partition coefficient (Wildman–Crippen LogP) is 3.94. The molecular weight excluding hydrogens is 402 g/mol. The van der Waals surface area contributed by atoms with Crippen LogP contribution in [0.4, 0.5) is 11.5 Å². The number of hydrogen-bond donors (Lipinski definition) is 1. The summed E-state index contributed by atoms with van der Waals surface area (Å²) in [6.45, 7) is 0. The lowest BCUT2D eigenvalue weighted by Gasteiger charge is -2.10. The van der Waals surface area contributed by atoms with E-state index in [-0.39, 0.29) is 4.90 Å². The molecule has 0 aliphatic heterocycles. The van der Waals surface area contributed by atoms with E-state index < -0.39 is 15.8 Å². The van der Waals surface area contributed by atoms with Crippen LogP contribution >= 0.6 is 0 Å². The lowest BCUT2D eigenvalue weighted by atomic mass is 10.1. The topological polar surface area (TPSA) is 89.8 Å². The fraction of sp³-hybridized carbons (Fsp3) is 0.0909. The van der Waals surface area contributed by atoms with Crippen LogP contribution in [0.15, 0.2) is 77.8 Å². The molecule has 0 aliphatic rings. The number of esters is 1. The number of aromatic nitrogens is 2. The number of imidazole rings is 1. The highest BCUT2D eigenvalue weighted by molar-refractivity contribution is 7.90. The van der Waals surface area contributed by atoms with Gasteiger partial charge in [0.25, 0.3) is 0 Å². The summed E-state index contributed by atoms with van der Waals surface area (Å²) in [6.07, 6.45) is 2.72. The number of pyridine rings is 1. The fourth-order valence-corrected chi connectivity index (χ4v) is 3.72. The molecule has 0 unspecified atom stereocenters. The van der Waals surface area contributed by atoms with Crippen molar-refractivity contribution in [2.75, 3.05) is 18.7 Å². The fourth-order valence-electron chi connectivity index (χ4n) is 3.11. The maximum absolute atomic E-state index is 12.1. The van der Waals surface area contributed by atoms with Crippen LogP contribution in [0.25, 0.3) is 16.9 Å². The highest BCUT2D eigenvalue weighted by Gasteiger charge is 2.17. The molecule has 0 amide bonds. The number of benzene rings is 2. The minimum Gasteiger partial charge on any atom is -0.465 e. The Hall–Kier alpha value is -3.65. The molecule has 0 radical (unpaired) electrons. The van der Waals surface area contributed by atoms with Crippen LogP contribution in [-0.2, 0) is 14.6 Å². The van der Waals surface area contributed by atoms with Crippen molar-refractivity contribution in [1.82, 2.24) is 9.38 Å². The van der Waals surface area contributed by atoms with Crippen molar-refractivity contribution >= 4 is 33.0 Å². The summed E-state index contributed by atoms with van der Waals surface area (Å²) >= 11 is 0. The number of sulfone groups is 1. The summed E-state index contributed by atoms with van der Waals surface area (Å²) in [5.41, 5.74) is 3.32. The van der Waals surface area contributed by atoms with Gasteiger partial charge in [0.05, 0.1) is 17.6 Å². The van der Waals surface area contributed by atoms with Crippen LogP contribution in [0, 0.1) is 0 Å². The third-order valence-corrected chi connectivity index (χ3v) is 5.73. The molecule has 2 aromatic heterocycles. The van der Waals surface area contributed by atoms with Gasteiger partial charge in [0, 0.05) is 23.7 Å². The summed E-state index contributed by atoms with van der Waals surface area (Å²) < 4.78 is 30.6. The van der Waals surface area contributed by atoms with E-state index in [1.165, 1.54) is 13.4 Å². The smallest absolute Gasteiger partial charge is 0.337 e. The molecule has 0 bridgehead atoms. The SMILES string of the molecule is COC(=O)c1ccc(Nc2c(-c3ccccc3)nc3ccc(S(C)(=O)=O)cn23)cc1. The summed E-state index contributed by atoms with van der Waals surface area (Å²) in [5, 5.41) is 3.31. The summed E-state index contributed by atoms with van der Waals surface area (Å²) in [6, 6.07) is 19.6. The molecule has 0 saturated heterocycles. The van der Waals surface area contributed by atoms with Gasteiger partial charge in [-0.3, -0.25) is 4.40 Å². The van der Waals surface area contributed by atoms with Gasteiger partial charge >= 0.3 is 5.97 Å². The Morgan fingerprint density at radius 2 is 1.70 bits per heavy atom. The van der Waals surface area contributed by atoms with Gasteiger partial charge in [-0.1, -0.05) is 30.3 Å². The maximum atomic E-state index is 12.1. The number of ether oxygens (including phenoxy) is 1. The van der Waals surface area contributed by atoms with Crippen molar-refractivity contribution < 1.29 is 17.9 Å². The maximum Gasteiger partial charge on any atom is 0.337 e. The van der Waals surface area contributed by atoms with E-state index in [4.69, 9.17) is 9.72 Å². The highest BCUT2D eigenvalue weighted by Crippen LogP contribution is 2.32. The molecule has 1 N–H and O–H groups in total. The number of methoxy groups -OCH3 is 1. The first kappa shape index (κ1) is 19.7. The Kier molecular flexibility index (Phi) is 5.01. The van der Waals surface area contributed by atoms with E-state index in [2.05, 4.69) is 5.32 Å². The molecule has 0 aliphatic carbocycles. The second kappa shape index (κ2) is 7.64. The Labute approximate surface area is 173 Å². The van der Waals surface area contributed by atoms with E-state index >= 15 is 0 Å². The standard InChI is InChI=1S/C22H19N3O4S/c1-29-22(26)16-8-10-17(11-9-16)23-21-20(15-6-4-3-5-7-15)24-19-13-12-18(14-25(19)21)30(2,27)28/h3-14,23H,1-2H3. The summed E-state index contributed by atoms with van der Waals surface area (Å²) in [5.74, 6) is 0.201. The van der Waals surface area contributed by atoms with Gasteiger partial charge < -0.3 is 10.1 Å². The molecule has 2 aromatic carbocycles. The lowest BCUT2D eigenvalue weighted by Crippen LogP contribution is -2.03. The van der Waals surface area contributed by atoms with E-state index in [1.54, 1.807) is 47.0 Å². The normalized spacial score (nSPS) is 11.4. The molecule has 8 heteroatoms. The number of nitrogens with one attached hydrogen (secondary N) is 1. The van der Waals surface area contributed by atoms with Gasteiger partial charge in [-0.25, -0.2) is 18.2 Å². The van der Waals surface area contributed by atoms with Gasteiger partial charge in [-0.15, -0.1) is 0 Å². The second-order valence-electron chi connectivity index (χ2n) is 6.73. The zero-order valence-electron chi connectivity index (χ0n) is 16.4. The van der Waals surface area contributed by atoms with Crippen molar-refractivity contribution in [3.05, 3.63) is 78.5 Å². The van der Waals surface area contributed by atoms with Gasteiger partial charge in [0.15, 0.2) is 9.84 Å². The minimum atomic E-state index is -3.39. The number of anilines is 2. The molecule has 0 atom stereocenters. The van der Waals surface area contributed by atoms with Crippen molar-refractivity contribution in [1.29, 1.82) is 0 Å². The van der Waals surface area contributed by atoms with Crippen LogP contribution in [0.3, 0.4) is 0 Å². The Bertz CT molecular complexity index is 1330. The first-order valence-corrected chi connectivity index (χ1v) is 11.0. The minimum absolute atomic E-state index is 0.191. The van der Waals surface area contributed by atoms with Crippen molar-refractivity contribution in [3.8, 4) is 11.3 Å². The zero-order valence-corrected chi connectivity index (χ0v) is 17.2. The van der Waals surface area contributed by atoms with Crippen molar-refractivity contribution in [2.45, 2.75) is 4.90 Å². The second-order valence-corrected chi connectivity index (χ2v) is 8.75. The average Bonchev–Trinajstić information content (AvgIpc) is 3.11. The van der Waals surface area contributed by atoms with Gasteiger partial charge in [-0.05, 0) is 36.4 Å². The van der Waals surface area contributed by atoms with E-state index in [1.807, 2.05) is 30.3 Å². The number of carbonyl (C=O) groups excluding carboxylic acids is 1. The number of fused-ring (bicyclic) bond motifs is 1. The quantitative estimate of drug-likeness (QED) is 0.491. The van der Waals surface area contributed by atoms with Crippen LogP contribution in [0.5, 0.6) is 0 Å². The van der Waals surface area contributed by atoms with Crippen molar-refractivity contribution in [3.63, 3.8) is 0 Å². The Morgan fingerprint density at radius 3 is 2.33 bits per heavy atom. The number of nitrogens with zero attached hydrogens (tertiary/aromatic N) is 2. The van der Waals surface area contributed by atoms with Crippen LogP contribution in [0.2, 0.25) is 0 Å². The Morgan fingerprint density at radius 1 is 1.00 bits per heavy atom. The van der Waals surface area contributed by atoms with Crippen LogP contribution in [0.1, 0.15) is 10.4 Å². The monoisotopic (exact) mass is 421 g/mol. The highest BCUT2D eigenvalue weighted by atomic mass is 32.2. The lowest BCUT2D eigenvalue weighted by molar-refractivity contribution is 0.0600. The molecule has 4 aromatic rings. The average molecular weight is 421 g/mol. The molecule has 0 spiro atoms. The zero-order chi connectivity index (χ0) is 21.3. The van der Waals surface area contributed by atoms with E-state index in [0.717, 1.165) is 5.56 Å². The first-order valence-electron chi connectivity index (χ1n) is 9.10. The van der Waals surface area contributed by atoms with Gasteiger partial charge in [0.2, 0.25) is 0 Å². The third-order valence-electron chi connectivity index (χ3n) is 4.64. The molecule has 4 rings (SSSR count). The number of carbonyl (C=O) groups is 1. The molecule has 0 saturated carbocycles. The molecule has 2 heterocycles. The van der Waals surface area contributed by atoms with E-state index in [9.17, 15) is 13.2 Å². The van der Waals surface area contributed by atoms with E-state index in [0.29, 0.717) is 28.4 Å². The molecule has 30 heavy (non-hydrogen) atoms. The molecular formula is C22H19N3O4S. The van der Waals surface area contributed by atoms with Crippen LogP contribution < -0.4 is 5.32 Å². The third kappa shape index (κ3) is 3.77. The largest absolute Gasteiger partial charge is 0.465 e. The first-order chi connectivity index (χ1) is 14.4. The summed E-state index contributed by atoms with van der Waals surface area (Å²) in [7, 11) is -2.05. The molecule has 7 nitrogen and oxygen atoms in total. The van der Waals surface area contributed by atoms with Gasteiger partial charge in [0.1, 0.15) is 17.2 Å². The summed E-state index contributed by atoms with van der Waals surface area (Å²) in [4.78, 5) is 16.6. The van der Waals surface area contributed by atoms with Crippen LogP contribution in [-0.4, -0.2) is 37.1 Å². The molecule has 0 fully saturated rings. The number of hydrogen-bond acceptors (Lipinski definition) is 6. The molecule has 152 valence electrons.